The lowest BCUT2D eigenvalue weighted by atomic mass is 9.91. The number of ether oxygens (including phenoxy) is 1. The largest absolute Gasteiger partial charge is 0.497 e. The Morgan fingerprint density at radius 2 is 1.44 bits per heavy atom. The summed E-state index contributed by atoms with van der Waals surface area (Å²) in [6.07, 6.45) is 0. The summed E-state index contributed by atoms with van der Waals surface area (Å²) < 4.78 is 11.7. The van der Waals surface area contributed by atoms with Crippen LogP contribution < -0.4 is 4.74 Å². The number of benzene rings is 5. The number of rotatable bonds is 1. The van der Waals surface area contributed by atoms with E-state index in [4.69, 9.17) is 9.15 Å². The molecule has 2 nitrogen and oxygen atoms in total. The van der Waals surface area contributed by atoms with E-state index in [0.717, 1.165) is 16.9 Å². The molecule has 1 aromatic heterocycles. The maximum Gasteiger partial charge on any atom is 0.136 e. The van der Waals surface area contributed by atoms with Crippen LogP contribution in [-0.2, 0) is 0 Å². The second-order valence-electron chi connectivity index (χ2n) is 6.54. The normalized spacial score (nSPS) is 12.2. The van der Waals surface area contributed by atoms with Gasteiger partial charge >= 0.3 is 0 Å². The second-order valence-corrected chi connectivity index (χ2v) is 6.54. The van der Waals surface area contributed by atoms with Gasteiger partial charge in [0.25, 0.3) is 0 Å². The summed E-state index contributed by atoms with van der Waals surface area (Å²) in [5.41, 5.74) is 1.90. The molecule has 5 aromatic carbocycles. The highest BCUT2D eigenvalue weighted by molar-refractivity contribution is 6.38. The SMILES string of the molecule is COc1ccc2cc3oc4cccc5c6ccccc6c(c2c1)c3c45. The summed E-state index contributed by atoms with van der Waals surface area (Å²) in [4.78, 5) is 0. The van der Waals surface area contributed by atoms with Crippen molar-refractivity contribution in [2.75, 3.05) is 7.11 Å². The van der Waals surface area contributed by atoms with E-state index in [9.17, 15) is 0 Å². The molecule has 0 aliphatic rings. The lowest BCUT2D eigenvalue weighted by molar-refractivity contribution is 0.415. The summed E-state index contributed by atoms with van der Waals surface area (Å²) in [6.45, 7) is 0. The molecule has 1 heterocycles. The van der Waals surface area contributed by atoms with Crippen LogP contribution in [0.3, 0.4) is 0 Å². The molecule has 0 saturated carbocycles. The molecule has 0 N–H and O–H groups in total. The Morgan fingerprint density at radius 1 is 0.640 bits per heavy atom. The Bertz CT molecular complexity index is 1420. The highest BCUT2D eigenvalue weighted by atomic mass is 16.5. The van der Waals surface area contributed by atoms with Crippen LogP contribution >= 0.6 is 0 Å². The van der Waals surface area contributed by atoms with E-state index in [0.29, 0.717) is 0 Å². The third-order valence-electron chi connectivity index (χ3n) is 5.30. The number of hydrogen-bond donors (Lipinski definition) is 0. The Balaban J connectivity index is 2.06. The van der Waals surface area contributed by atoms with Gasteiger partial charge < -0.3 is 9.15 Å². The van der Waals surface area contributed by atoms with Gasteiger partial charge in [0.15, 0.2) is 0 Å². The molecule has 2 heteroatoms. The number of hydrogen-bond acceptors (Lipinski definition) is 2. The predicted octanol–water partition coefficient (Wildman–Crippen LogP) is 6.49. The van der Waals surface area contributed by atoms with Crippen molar-refractivity contribution in [3.05, 3.63) is 66.7 Å². The van der Waals surface area contributed by atoms with Crippen LogP contribution in [-0.4, -0.2) is 7.11 Å². The molecule has 118 valence electrons. The average molecular weight is 322 g/mol. The quantitative estimate of drug-likeness (QED) is 0.323. The molecule has 0 aliphatic heterocycles. The standard InChI is InChI=1S/C23H14O2/c1-24-14-10-9-13-11-20-23-21(18(13)12-14)16-6-3-2-5-15(16)17-7-4-8-19(25-20)22(17)23/h2-12H,1H3. The lowest BCUT2D eigenvalue weighted by Gasteiger charge is -2.11. The molecule has 0 aliphatic carbocycles. The highest BCUT2D eigenvalue weighted by Crippen LogP contribution is 2.45. The fourth-order valence-corrected chi connectivity index (χ4v) is 4.24. The van der Waals surface area contributed by atoms with Crippen LogP contribution in [0.1, 0.15) is 0 Å². The number of fused-ring (bicyclic) bond motifs is 5. The first kappa shape index (κ1) is 13.1. The highest BCUT2D eigenvalue weighted by Gasteiger charge is 2.19. The minimum absolute atomic E-state index is 0.874. The zero-order valence-corrected chi connectivity index (χ0v) is 13.7. The van der Waals surface area contributed by atoms with Crippen LogP contribution in [0.5, 0.6) is 5.75 Å². The summed E-state index contributed by atoms with van der Waals surface area (Å²) in [6, 6.07) is 23.3. The van der Waals surface area contributed by atoms with Gasteiger partial charge in [0.2, 0.25) is 0 Å². The van der Waals surface area contributed by atoms with E-state index in [1.807, 2.05) is 6.07 Å². The smallest absolute Gasteiger partial charge is 0.136 e. The predicted molar refractivity (Wildman–Crippen MR) is 104 cm³/mol. The van der Waals surface area contributed by atoms with E-state index in [2.05, 4.69) is 60.7 Å². The second kappa shape index (κ2) is 4.42. The lowest BCUT2D eigenvalue weighted by Crippen LogP contribution is -1.86. The van der Waals surface area contributed by atoms with Gasteiger partial charge in [0, 0.05) is 16.2 Å². The van der Waals surface area contributed by atoms with Crippen molar-refractivity contribution in [3.8, 4) is 5.75 Å². The van der Waals surface area contributed by atoms with Crippen LogP contribution in [0.4, 0.5) is 0 Å². The van der Waals surface area contributed by atoms with Crippen molar-refractivity contribution in [2.24, 2.45) is 0 Å². The molecule has 0 bridgehead atoms. The van der Waals surface area contributed by atoms with Gasteiger partial charge in [0.1, 0.15) is 16.9 Å². The molecule has 6 rings (SSSR count). The summed E-state index contributed by atoms with van der Waals surface area (Å²) in [7, 11) is 1.71. The molecule has 0 saturated heterocycles. The first-order chi connectivity index (χ1) is 12.3. The molecule has 0 amide bonds. The zero-order valence-electron chi connectivity index (χ0n) is 13.7. The van der Waals surface area contributed by atoms with Gasteiger partial charge in [-0.15, -0.1) is 0 Å². The third kappa shape index (κ3) is 1.54. The van der Waals surface area contributed by atoms with E-state index in [1.165, 1.54) is 43.1 Å². The van der Waals surface area contributed by atoms with Crippen molar-refractivity contribution < 1.29 is 9.15 Å². The van der Waals surface area contributed by atoms with Crippen molar-refractivity contribution in [3.63, 3.8) is 0 Å². The fourth-order valence-electron chi connectivity index (χ4n) is 4.24. The molecule has 25 heavy (non-hydrogen) atoms. The monoisotopic (exact) mass is 322 g/mol. The van der Waals surface area contributed by atoms with E-state index in [-0.39, 0.29) is 0 Å². The number of methoxy groups -OCH3 is 1. The molecule has 6 aromatic rings. The van der Waals surface area contributed by atoms with Crippen LogP contribution in [0, 0.1) is 0 Å². The van der Waals surface area contributed by atoms with Crippen molar-refractivity contribution in [1.29, 1.82) is 0 Å². The van der Waals surface area contributed by atoms with Gasteiger partial charge in [-0.3, -0.25) is 0 Å². The molecule has 0 fully saturated rings. The topological polar surface area (TPSA) is 22.4 Å². The molecule has 0 unspecified atom stereocenters. The Morgan fingerprint density at radius 3 is 2.32 bits per heavy atom. The summed E-state index contributed by atoms with van der Waals surface area (Å²) in [5, 5.41) is 9.82. The van der Waals surface area contributed by atoms with Crippen molar-refractivity contribution in [1.82, 2.24) is 0 Å². The van der Waals surface area contributed by atoms with Crippen molar-refractivity contribution in [2.45, 2.75) is 0 Å². The third-order valence-corrected chi connectivity index (χ3v) is 5.30. The Labute approximate surface area is 143 Å². The van der Waals surface area contributed by atoms with Gasteiger partial charge in [0.05, 0.1) is 7.11 Å². The van der Waals surface area contributed by atoms with Gasteiger partial charge in [-0.25, -0.2) is 0 Å². The molecular formula is C23H14O2. The van der Waals surface area contributed by atoms with Gasteiger partial charge in [-0.05, 0) is 51.2 Å². The average Bonchev–Trinajstić information content (AvgIpc) is 3.04. The van der Waals surface area contributed by atoms with E-state index < -0.39 is 0 Å². The molecule has 0 radical (unpaired) electrons. The van der Waals surface area contributed by atoms with Gasteiger partial charge in [-0.2, -0.15) is 0 Å². The molecule has 0 atom stereocenters. The number of furan rings is 1. The summed E-state index contributed by atoms with van der Waals surface area (Å²) in [5.74, 6) is 0.874. The zero-order chi connectivity index (χ0) is 16.5. The maximum absolute atomic E-state index is 6.22. The Kier molecular flexibility index (Phi) is 2.31. The minimum Gasteiger partial charge on any atom is -0.497 e. The fraction of sp³-hybridized carbons (Fsp3) is 0.0435. The van der Waals surface area contributed by atoms with Gasteiger partial charge in [-0.1, -0.05) is 42.5 Å². The van der Waals surface area contributed by atoms with Crippen LogP contribution in [0.2, 0.25) is 0 Å². The van der Waals surface area contributed by atoms with Crippen LogP contribution in [0.15, 0.2) is 71.1 Å². The van der Waals surface area contributed by atoms with Crippen LogP contribution in [0.25, 0.3) is 54.3 Å². The maximum atomic E-state index is 6.22. The molecule has 0 spiro atoms. The first-order valence-corrected chi connectivity index (χ1v) is 8.41. The first-order valence-electron chi connectivity index (χ1n) is 8.41. The minimum atomic E-state index is 0.874. The Hall–Kier alpha value is -3.26. The molecular weight excluding hydrogens is 308 g/mol. The van der Waals surface area contributed by atoms with E-state index >= 15 is 0 Å². The van der Waals surface area contributed by atoms with E-state index in [1.54, 1.807) is 7.11 Å². The summed E-state index contributed by atoms with van der Waals surface area (Å²) >= 11 is 0. The van der Waals surface area contributed by atoms with Crippen molar-refractivity contribution >= 4 is 54.3 Å².